The van der Waals surface area contributed by atoms with E-state index in [0.717, 1.165) is 40.1 Å². The first-order valence-corrected chi connectivity index (χ1v) is 13.0. The molecule has 3 heterocycles. The molecule has 2 aromatic rings. The number of nitriles is 1. The number of piperidine rings is 1. The average molecular weight is 508 g/mol. The maximum Gasteiger partial charge on any atom is 0.411 e. The summed E-state index contributed by atoms with van der Waals surface area (Å²) in [5.41, 5.74) is 1.81. The van der Waals surface area contributed by atoms with Crippen molar-refractivity contribution in [1.29, 1.82) is 5.26 Å². The fraction of sp³-hybridized carbons (Fsp3) is 0.481. The number of cyclic esters (lactones) is 1. The van der Waals surface area contributed by atoms with Crippen LogP contribution in [0, 0.1) is 17.2 Å². The van der Waals surface area contributed by atoms with Crippen molar-refractivity contribution < 1.29 is 23.9 Å². The fourth-order valence-corrected chi connectivity index (χ4v) is 6.47. The van der Waals surface area contributed by atoms with Crippen LogP contribution in [0.5, 0.6) is 0 Å². The van der Waals surface area contributed by atoms with Gasteiger partial charge in [-0.05, 0) is 75.8 Å². The molecule has 4 unspecified atom stereocenters. The Kier molecular flexibility index (Phi) is 6.25. The average Bonchev–Trinajstić information content (AvgIpc) is 3.61. The zero-order chi connectivity index (χ0) is 25.6. The van der Waals surface area contributed by atoms with Crippen molar-refractivity contribution in [3.63, 3.8) is 0 Å². The number of amides is 2. The summed E-state index contributed by atoms with van der Waals surface area (Å²) in [5, 5.41) is 12.7. The standard InChI is InChI=1S/C27H29N3O5S/c1-27(2,3)35-26(33)30-19-6-4-16(11-19)23(30)24(31)29-18(13-28)12-20-7-9-22(36-20)15-5-8-21-17(10-15)14-34-25(21)32/h5,7-10,16,18-19,23H,4,6,11-12,14H2,1-3H3,(H,29,31). The van der Waals surface area contributed by atoms with Crippen LogP contribution >= 0.6 is 11.3 Å². The van der Waals surface area contributed by atoms with Crippen LogP contribution in [0.25, 0.3) is 10.4 Å². The highest BCUT2D eigenvalue weighted by atomic mass is 32.1. The molecule has 9 heteroatoms. The number of likely N-dealkylation sites (tertiary alicyclic amines) is 1. The molecule has 36 heavy (non-hydrogen) atoms. The number of carbonyl (C=O) groups excluding carboxylic acids is 3. The van der Waals surface area contributed by atoms with Gasteiger partial charge in [-0.2, -0.15) is 5.26 Å². The Morgan fingerprint density at radius 1 is 1.28 bits per heavy atom. The van der Waals surface area contributed by atoms with Crippen molar-refractivity contribution in [3.05, 3.63) is 46.3 Å². The quantitative estimate of drug-likeness (QED) is 0.600. The first-order valence-electron chi connectivity index (χ1n) is 12.2. The number of nitrogens with zero attached hydrogens (tertiary/aromatic N) is 2. The van der Waals surface area contributed by atoms with E-state index in [1.165, 1.54) is 0 Å². The zero-order valence-electron chi connectivity index (χ0n) is 20.6. The van der Waals surface area contributed by atoms with Crippen LogP contribution < -0.4 is 5.32 Å². The summed E-state index contributed by atoms with van der Waals surface area (Å²) in [7, 11) is 0. The number of thiophene rings is 1. The van der Waals surface area contributed by atoms with Gasteiger partial charge in [0, 0.05) is 27.8 Å². The molecule has 4 atom stereocenters. The van der Waals surface area contributed by atoms with E-state index in [9.17, 15) is 19.6 Å². The number of ether oxygens (including phenoxy) is 2. The molecular weight excluding hydrogens is 478 g/mol. The predicted molar refractivity (Wildman–Crippen MR) is 133 cm³/mol. The minimum atomic E-state index is -0.713. The lowest BCUT2D eigenvalue weighted by molar-refractivity contribution is -0.128. The number of carbonyl (C=O) groups is 3. The highest BCUT2D eigenvalue weighted by Crippen LogP contribution is 2.43. The molecule has 2 bridgehead atoms. The van der Waals surface area contributed by atoms with Crippen LogP contribution in [0.1, 0.15) is 60.8 Å². The van der Waals surface area contributed by atoms with Crippen LogP contribution in [0.4, 0.5) is 4.79 Å². The smallest absolute Gasteiger partial charge is 0.411 e. The van der Waals surface area contributed by atoms with Gasteiger partial charge in [-0.25, -0.2) is 9.59 Å². The van der Waals surface area contributed by atoms with Crippen LogP contribution in [0.15, 0.2) is 30.3 Å². The number of rotatable bonds is 5. The van der Waals surface area contributed by atoms with E-state index in [1.807, 2.05) is 45.0 Å². The molecule has 8 nitrogen and oxygen atoms in total. The van der Waals surface area contributed by atoms with Gasteiger partial charge in [0.25, 0.3) is 0 Å². The highest BCUT2D eigenvalue weighted by molar-refractivity contribution is 7.15. The van der Waals surface area contributed by atoms with Gasteiger partial charge in [0.05, 0.1) is 11.6 Å². The summed E-state index contributed by atoms with van der Waals surface area (Å²) in [6.07, 6.45) is 2.46. The molecule has 2 fully saturated rings. The predicted octanol–water partition coefficient (Wildman–Crippen LogP) is 4.42. The summed E-state index contributed by atoms with van der Waals surface area (Å²) in [5.74, 6) is -0.498. The van der Waals surface area contributed by atoms with Gasteiger partial charge in [-0.1, -0.05) is 6.07 Å². The van der Waals surface area contributed by atoms with Crippen molar-refractivity contribution in [1.82, 2.24) is 10.2 Å². The largest absolute Gasteiger partial charge is 0.457 e. The SMILES string of the molecule is CC(C)(C)OC(=O)N1C2CCC(C2)C1C(=O)NC(C#N)Cc1ccc(-c2ccc3c(c2)COC3=O)s1. The molecule has 5 rings (SSSR count). The minimum absolute atomic E-state index is 0.00834. The fourth-order valence-electron chi connectivity index (χ4n) is 5.42. The first kappa shape index (κ1) is 24.3. The number of fused-ring (bicyclic) bond motifs is 3. The molecule has 1 N–H and O–H groups in total. The Balaban J connectivity index is 1.26. The van der Waals surface area contributed by atoms with Crippen LogP contribution in [0.2, 0.25) is 0 Å². The van der Waals surface area contributed by atoms with Crippen LogP contribution in [0.3, 0.4) is 0 Å². The second-order valence-corrected chi connectivity index (χ2v) is 11.8. The molecule has 0 radical (unpaired) electrons. The summed E-state index contributed by atoms with van der Waals surface area (Å²) in [6.45, 7) is 5.72. The van der Waals surface area contributed by atoms with Crippen LogP contribution in [-0.4, -0.2) is 46.6 Å². The monoisotopic (exact) mass is 507 g/mol. The summed E-state index contributed by atoms with van der Waals surface area (Å²) >= 11 is 1.55. The Morgan fingerprint density at radius 3 is 2.83 bits per heavy atom. The van der Waals surface area contributed by atoms with E-state index in [-0.39, 0.29) is 30.4 Å². The maximum absolute atomic E-state index is 13.3. The third kappa shape index (κ3) is 4.70. The van der Waals surface area contributed by atoms with Gasteiger partial charge < -0.3 is 14.8 Å². The molecule has 1 aromatic carbocycles. The molecule has 1 aliphatic carbocycles. The van der Waals surface area contributed by atoms with E-state index >= 15 is 0 Å². The Morgan fingerprint density at radius 2 is 2.08 bits per heavy atom. The summed E-state index contributed by atoms with van der Waals surface area (Å²) in [4.78, 5) is 41.4. The first-order chi connectivity index (χ1) is 17.1. The van der Waals surface area contributed by atoms with E-state index in [0.29, 0.717) is 12.0 Å². The lowest BCUT2D eigenvalue weighted by Gasteiger charge is -2.35. The Hall–Kier alpha value is -3.38. The molecule has 1 aromatic heterocycles. The molecule has 188 valence electrons. The Bertz CT molecular complexity index is 1260. The van der Waals surface area contributed by atoms with Crippen LogP contribution in [-0.2, 0) is 27.3 Å². The third-order valence-electron chi connectivity index (χ3n) is 6.97. The van der Waals surface area contributed by atoms with Gasteiger partial charge in [-0.15, -0.1) is 11.3 Å². The molecule has 1 saturated carbocycles. The van der Waals surface area contributed by atoms with Gasteiger partial charge in [-0.3, -0.25) is 9.69 Å². The van der Waals surface area contributed by atoms with Gasteiger partial charge in [0.15, 0.2) is 0 Å². The molecule has 2 amide bonds. The molecule has 2 aliphatic heterocycles. The number of hydrogen-bond acceptors (Lipinski definition) is 7. The number of benzene rings is 1. The van der Waals surface area contributed by atoms with Crippen molar-refractivity contribution in [2.24, 2.45) is 5.92 Å². The normalized spacial score (nSPS) is 23.1. The molecule has 3 aliphatic rings. The zero-order valence-corrected chi connectivity index (χ0v) is 21.4. The van der Waals surface area contributed by atoms with E-state index in [4.69, 9.17) is 9.47 Å². The lowest BCUT2D eigenvalue weighted by Crippen LogP contribution is -2.55. The summed E-state index contributed by atoms with van der Waals surface area (Å²) in [6, 6.07) is 10.5. The van der Waals surface area contributed by atoms with E-state index < -0.39 is 23.8 Å². The number of nitrogens with one attached hydrogen (secondary N) is 1. The lowest BCUT2D eigenvalue weighted by atomic mass is 9.97. The van der Waals surface area contributed by atoms with Crippen molar-refractivity contribution in [2.45, 2.75) is 76.8 Å². The van der Waals surface area contributed by atoms with Gasteiger partial charge >= 0.3 is 12.1 Å². The molecular formula is C27H29N3O5S. The van der Waals surface area contributed by atoms with Gasteiger partial charge in [0.2, 0.25) is 5.91 Å². The third-order valence-corrected chi connectivity index (χ3v) is 8.12. The van der Waals surface area contributed by atoms with Crippen molar-refractivity contribution in [3.8, 4) is 16.5 Å². The number of hydrogen-bond donors (Lipinski definition) is 1. The van der Waals surface area contributed by atoms with Gasteiger partial charge in [0.1, 0.15) is 24.3 Å². The van der Waals surface area contributed by atoms with E-state index in [1.54, 1.807) is 22.3 Å². The highest BCUT2D eigenvalue weighted by Gasteiger charge is 2.52. The topological polar surface area (TPSA) is 109 Å². The van der Waals surface area contributed by atoms with Crippen molar-refractivity contribution >= 4 is 29.3 Å². The Labute approximate surface area is 214 Å². The minimum Gasteiger partial charge on any atom is -0.457 e. The van der Waals surface area contributed by atoms with Crippen molar-refractivity contribution in [2.75, 3.05) is 0 Å². The molecule has 1 saturated heterocycles. The summed E-state index contributed by atoms with van der Waals surface area (Å²) < 4.78 is 10.7. The second-order valence-electron chi connectivity index (χ2n) is 10.7. The molecule has 0 spiro atoms. The maximum atomic E-state index is 13.3. The van der Waals surface area contributed by atoms with E-state index in [2.05, 4.69) is 11.4 Å². The second kappa shape index (κ2) is 9.25. The number of esters is 1.